The van der Waals surface area contributed by atoms with Gasteiger partial charge in [0.2, 0.25) is 0 Å². The first-order valence-corrected chi connectivity index (χ1v) is 3.61. The fourth-order valence-corrected chi connectivity index (χ4v) is 0.736. The van der Waals surface area contributed by atoms with Crippen molar-refractivity contribution in [2.24, 2.45) is 0 Å². The number of nitrogens with zero attached hydrogens (tertiary/aromatic N) is 1. The van der Waals surface area contributed by atoms with Gasteiger partial charge >= 0.3 is 5.69 Å². The fourth-order valence-electron chi connectivity index (χ4n) is 0.736. The van der Waals surface area contributed by atoms with Gasteiger partial charge in [0, 0.05) is 18.9 Å². The number of ether oxygens (including phenoxy) is 1. The molecule has 0 bridgehead atoms. The smallest absolute Gasteiger partial charge is 0.330 e. The van der Waals surface area contributed by atoms with E-state index in [1.807, 2.05) is 6.92 Å². The van der Waals surface area contributed by atoms with Crippen LogP contribution < -0.4 is 11.2 Å². The number of hydrogen-bond acceptors (Lipinski definition) is 3. The van der Waals surface area contributed by atoms with Crippen molar-refractivity contribution >= 4 is 0 Å². The zero-order chi connectivity index (χ0) is 8.97. The highest BCUT2D eigenvalue weighted by Gasteiger charge is 1.93. The second-order valence-electron chi connectivity index (χ2n) is 2.20. The van der Waals surface area contributed by atoms with E-state index in [9.17, 15) is 9.59 Å². The molecule has 0 aliphatic carbocycles. The van der Waals surface area contributed by atoms with Crippen molar-refractivity contribution in [2.75, 3.05) is 6.61 Å². The summed E-state index contributed by atoms with van der Waals surface area (Å²) in [5.41, 5.74) is -0.844. The number of hydrogen-bond donors (Lipinski definition) is 1. The van der Waals surface area contributed by atoms with Crippen LogP contribution in [-0.2, 0) is 11.5 Å². The van der Waals surface area contributed by atoms with Crippen molar-refractivity contribution in [3.05, 3.63) is 33.1 Å². The quantitative estimate of drug-likeness (QED) is 0.667. The summed E-state index contributed by atoms with van der Waals surface area (Å²) >= 11 is 0. The highest BCUT2D eigenvalue weighted by molar-refractivity contribution is 4.81. The molecule has 0 fully saturated rings. The largest absolute Gasteiger partial charge is 0.361 e. The molecule has 1 aromatic rings. The zero-order valence-corrected chi connectivity index (χ0v) is 6.74. The predicted molar refractivity (Wildman–Crippen MR) is 42.9 cm³/mol. The molecule has 0 radical (unpaired) electrons. The molecule has 1 N–H and O–H groups in total. The number of rotatable bonds is 3. The van der Waals surface area contributed by atoms with Crippen molar-refractivity contribution in [3.8, 4) is 0 Å². The highest BCUT2D eigenvalue weighted by Crippen LogP contribution is 1.78. The predicted octanol–water partition coefficient (Wildman–Crippen LogP) is -0.469. The van der Waals surface area contributed by atoms with Crippen LogP contribution >= 0.6 is 0 Å². The number of nitrogens with one attached hydrogen (secondary N) is 1. The van der Waals surface area contributed by atoms with Gasteiger partial charge < -0.3 is 4.74 Å². The lowest BCUT2D eigenvalue weighted by Gasteiger charge is -2.02. The average molecular weight is 170 g/mol. The first-order chi connectivity index (χ1) is 5.74. The summed E-state index contributed by atoms with van der Waals surface area (Å²) in [6.45, 7) is 2.54. The molecular formula is C7H10N2O3. The van der Waals surface area contributed by atoms with Gasteiger partial charge in [0.25, 0.3) is 5.56 Å². The fraction of sp³-hybridized carbons (Fsp3) is 0.429. The Morgan fingerprint density at radius 1 is 1.58 bits per heavy atom. The first-order valence-electron chi connectivity index (χ1n) is 3.61. The van der Waals surface area contributed by atoms with Crippen LogP contribution in [0, 0.1) is 0 Å². The van der Waals surface area contributed by atoms with E-state index in [2.05, 4.69) is 4.98 Å². The van der Waals surface area contributed by atoms with E-state index in [1.165, 1.54) is 16.8 Å². The van der Waals surface area contributed by atoms with E-state index in [0.717, 1.165) is 0 Å². The highest BCUT2D eigenvalue weighted by atomic mass is 16.5. The molecule has 0 aromatic carbocycles. The summed E-state index contributed by atoms with van der Waals surface area (Å²) in [4.78, 5) is 23.7. The number of aromatic nitrogens is 2. The molecule has 0 aliphatic rings. The second-order valence-corrected chi connectivity index (χ2v) is 2.20. The van der Waals surface area contributed by atoms with Crippen molar-refractivity contribution in [1.82, 2.24) is 9.55 Å². The molecule has 66 valence electrons. The number of aromatic amines is 1. The summed E-state index contributed by atoms with van der Waals surface area (Å²) in [7, 11) is 0. The molecule has 0 spiro atoms. The molecule has 5 nitrogen and oxygen atoms in total. The lowest BCUT2D eigenvalue weighted by atomic mass is 10.6. The molecule has 0 atom stereocenters. The van der Waals surface area contributed by atoms with Crippen molar-refractivity contribution in [2.45, 2.75) is 13.7 Å². The van der Waals surface area contributed by atoms with Crippen molar-refractivity contribution < 1.29 is 4.74 Å². The van der Waals surface area contributed by atoms with Crippen molar-refractivity contribution in [1.29, 1.82) is 0 Å². The Morgan fingerprint density at radius 3 is 2.92 bits per heavy atom. The van der Waals surface area contributed by atoms with Gasteiger partial charge in [-0.3, -0.25) is 14.3 Å². The summed E-state index contributed by atoms with van der Waals surface area (Å²) in [6.07, 6.45) is 1.40. The minimum atomic E-state index is -0.448. The molecule has 0 saturated carbocycles. The lowest BCUT2D eigenvalue weighted by molar-refractivity contribution is 0.0843. The van der Waals surface area contributed by atoms with Gasteiger partial charge in [-0.15, -0.1) is 0 Å². The Morgan fingerprint density at radius 2 is 2.33 bits per heavy atom. The normalized spacial score (nSPS) is 10.1. The third-order valence-electron chi connectivity index (χ3n) is 1.33. The monoisotopic (exact) mass is 170 g/mol. The Bertz CT molecular complexity index is 352. The first kappa shape index (κ1) is 8.73. The molecule has 5 heteroatoms. The van der Waals surface area contributed by atoms with Gasteiger partial charge in [0.15, 0.2) is 0 Å². The molecular weight excluding hydrogens is 160 g/mol. The SMILES string of the molecule is CCOCn1ccc(=O)[nH]c1=O. The Balaban J connectivity index is 2.87. The van der Waals surface area contributed by atoms with E-state index in [-0.39, 0.29) is 6.73 Å². The van der Waals surface area contributed by atoms with Crippen LogP contribution in [0.5, 0.6) is 0 Å². The van der Waals surface area contributed by atoms with Crippen LogP contribution in [-0.4, -0.2) is 16.2 Å². The summed E-state index contributed by atoms with van der Waals surface area (Å²) in [5, 5.41) is 0. The summed E-state index contributed by atoms with van der Waals surface area (Å²) in [6, 6.07) is 1.28. The van der Waals surface area contributed by atoms with Gasteiger partial charge in [-0.1, -0.05) is 0 Å². The van der Waals surface area contributed by atoms with Crippen LogP contribution in [0.4, 0.5) is 0 Å². The molecule has 0 saturated heterocycles. The van der Waals surface area contributed by atoms with E-state index in [4.69, 9.17) is 4.74 Å². The molecule has 1 aromatic heterocycles. The minimum absolute atomic E-state index is 0.173. The topological polar surface area (TPSA) is 64.1 Å². The zero-order valence-electron chi connectivity index (χ0n) is 6.74. The molecule has 1 rings (SSSR count). The van der Waals surface area contributed by atoms with Gasteiger partial charge in [-0.25, -0.2) is 4.79 Å². The third-order valence-corrected chi connectivity index (χ3v) is 1.33. The Hall–Kier alpha value is -1.36. The minimum Gasteiger partial charge on any atom is -0.361 e. The lowest BCUT2D eigenvalue weighted by Crippen LogP contribution is -2.29. The average Bonchev–Trinajstić information content (AvgIpc) is 2.03. The molecule has 0 unspecified atom stereocenters. The Kier molecular flexibility index (Phi) is 2.82. The maximum absolute atomic E-state index is 11.0. The summed E-state index contributed by atoms with van der Waals surface area (Å²) in [5.74, 6) is 0. The third kappa shape index (κ3) is 2.06. The van der Waals surface area contributed by atoms with Crippen LogP contribution in [0.3, 0.4) is 0 Å². The van der Waals surface area contributed by atoms with Crippen molar-refractivity contribution in [3.63, 3.8) is 0 Å². The summed E-state index contributed by atoms with van der Waals surface area (Å²) < 4.78 is 6.26. The van der Waals surface area contributed by atoms with Gasteiger partial charge in [-0.2, -0.15) is 0 Å². The molecule has 1 heterocycles. The molecule has 0 aliphatic heterocycles. The van der Waals surface area contributed by atoms with Gasteiger partial charge in [-0.05, 0) is 6.92 Å². The van der Waals surface area contributed by atoms with E-state index < -0.39 is 11.2 Å². The van der Waals surface area contributed by atoms with E-state index in [0.29, 0.717) is 6.61 Å². The van der Waals surface area contributed by atoms with Crippen LogP contribution in [0.1, 0.15) is 6.92 Å². The maximum atomic E-state index is 11.0. The molecule has 12 heavy (non-hydrogen) atoms. The second kappa shape index (κ2) is 3.87. The van der Waals surface area contributed by atoms with Gasteiger partial charge in [0.1, 0.15) is 6.73 Å². The Labute approximate surface area is 68.6 Å². The maximum Gasteiger partial charge on any atom is 0.330 e. The van der Waals surface area contributed by atoms with Crippen LogP contribution in [0.25, 0.3) is 0 Å². The standard InChI is InChI=1S/C7H10N2O3/c1-2-12-5-9-4-3-6(10)8-7(9)11/h3-4H,2,5H2,1H3,(H,8,10,11). The van der Waals surface area contributed by atoms with Gasteiger partial charge in [0.05, 0.1) is 0 Å². The van der Waals surface area contributed by atoms with Crippen LogP contribution in [0.15, 0.2) is 21.9 Å². The van der Waals surface area contributed by atoms with Crippen LogP contribution in [0.2, 0.25) is 0 Å². The van der Waals surface area contributed by atoms with E-state index >= 15 is 0 Å². The molecule has 0 amide bonds. The van der Waals surface area contributed by atoms with E-state index in [1.54, 1.807) is 0 Å². The number of H-pyrrole nitrogens is 1.